The van der Waals surface area contributed by atoms with Gasteiger partial charge in [-0.2, -0.15) is 0 Å². The Balaban J connectivity index is 2.12. The highest BCUT2D eigenvalue weighted by molar-refractivity contribution is 9.10. The lowest BCUT2D eigenvalue weighted by atomic mass is 10.0. The molecule has 0 bridgehead atoms. The molecule has 2 rings (SSSR count). The van der Waals surface area contributed by atoms with Crippen LogP contribution >= 0.6 is 15.9 Å². The minimum Gasteiger partial charge on any atom is -0.489 e. The smallest absolute Gasteiger partial charge is 0.123 e. The summed E-state index contributed by atoms with van der Waals surface area (Å²) in [5.41, 5.74) is 9.31. The van der Waals surface area contributed by atoms with Gasteiger partial charge in [-0.05, 0) is 53.9 Å². The first-order valence-electron chi connectivity index (χ1n) is 6.62. The average molecular weight is 335 g/mol. The van der Waals surface area contributed by atoms with Gasteiger partial charge in [0.15, 0.2) is 0 Å². The summed E-state index contributed by atoms with van der Waals surface area (Å²) in [6.07, 6.45) is 4.38. The molecule has 2 aromatic rings. The molecule has 1 aromatic heterocycles. The Labute approximate surface area is 128 Å². The number of rotatable bonds is 5. The molecule has 20 heavy (non-hydrogen) atoms. The van der Waals surface area contributed by atoms with E-state index in [4.69, 9.17) is 10.5 Å². The normalized spacial score (nSPS) is 12.2. The Morgan fingerprint density at radius 2 is 2.10 bits per heavy atom. The summed E-state index contributed by atoms with van der Waals surface area (Å²) in [5, 5.41) is 0. The van der Waals surface area contributed by atoms with Gasteiger partial charge in [0.05, 0.1) is 0 Å². The Kier molecular flexibility index (Phi) is 5.15. The maximum Gasteiger partial charge on any atom is 0.123 e. The summed E-state index contributed by atoms with van der Waals surface area (Å²) >= 11 is 3.41. The quantitative estimate of drug-likeness (QED) is 0.908. The molecule has 0 amide bonds. The summed E-state index contributed by atoms with van der Waals surface area (Å²) in [6, 6.07) is 8.33. The molecule has 0 aliphatic heterocycles. The van der Waals surface area contributed by atoms with Gasteiger partial charge in [-0.3, -0.25) is 4.98 Å². The minimum atomic E-state index is 0.117. The van der Waals surface area contributed by atoms with E-state index in [9.17, 15) is 0 Å². The summed E-state index contributed by atoms with van der Waals surface area (Å²) in [6.45, 7) is 4.58. The highest BCUT2D eigenvalue weighted by Gasteiger charge is 2.07. The zero-order valence-corrected chi connectivity index (χ0v) is 13.4. The summed E-state index contributed by atoms with van der Waals surface area (Å²) < 4.78 is 6.87. The van der Waals surface area contributed by atoms with E-state index >= 15 is 0 Å². The molecule has 0 saturated carbocycles. The van der Waals surface area contributed by atoms with Crippen molar-refractivity contribution in [3.8, 4) is 5.75 Å². The van der Waals surface area contributed by atoms with Gasteiger partial charge in [0.1, 0.15) is 12.4 Å². The van der Waals surface area contributed by atoms with Crippen molar-refractivity contribution in [3.63, 3.8) is 0 Å². The third-order valence-electron chi connectivity index (χ3n) is 2.91. The van der Waals surface area contributed by atoms with Crippen molar-refractivity contribution in [3.05, 3.63) is 57.8 Å². The van der Waals surface area contributed by atoms with Crippen LogP contribution in [-0.2, 0) is 13.0 Å². The van der Waals surface area contributed by atoms with Crippen LogP contribution in [0.15, 0.2) is 41.1 Å². The molecular formula is C16H19BrN2O. The van der Waals surface area contributed by atoms with Crippen LogP contribution in [0, 0.1) is 6.92 Å². The molecule has 0 spiro atoms. The Hall–Kier alpha value is -1.39. The van der Waals surface area contributed by atoms with Crippen molar-refractivity contribution in [1.82, 2.24) is 4.98 Å². The van der Waals surface area contributed by atoms with E-state index in [0.29, 0.717) is 6.61 Å². The zero-order valence-electron chi connectivity index (χ0n) is 11.8. The second kappa shape index (κ2) is 6.86. The number of ether oxygens (including phenoxy) is 1. The minimum absolute atomic E-state index is 0.117. The lowest BCUT2D eigenvalue weighted by Gasteiger charge is -2.14. The van der Waals surface area contributed by atoms with Gasteiger partial charge in [-0.25, -0.2) is 0 Å². The van der Waals surface area contributed by atoms with Crippen LogP contribution in [0.3, 0.4) is 0 Å². The number of nitrogens with two attached hydrogens (primary N) is 1. The largest absolute Gasteiger partial charge is 0.489 e. The van der Waals surface area contributed by atoms with Gasteiger partial charge in [-0.1, -0.05) is 17.7 Å². The molecular weight excluding hydrogens is 316 g/mol. The highest BCUT2D eigenvalue weighted by Crippen LogP contribution is 2.23. The van der Waals surface area contributed by atoms with Gasteiger partial charge in [0, 0.05) is 28.5 Å². The molecule has 3 nitrogen and oxygen atoms in total. The van der Waals surface area contributed by atoms with E-state index in [0.717, 1.165) is 27.8 Å². The number of hydrogen-bond donors (Lipinski definition) is 1. The van der Waals surface area contributed by atoms with Gasteiger partial charge in [0.2, 0.25) is 0 Å². The topological polar surface area (TPSA) is 48.1 Å². The average Bonchev–Trinajstić information content (AvgIpc) is 2.37. The van der Waals surface area contributed by atoms with Crippen LogP contribution in [-0.4, -0.2) is 11.0 Å². The van der Waals surface area contributed by atoms with Crippen molar-refractivity contribution >= 4 is 15.9 Å². The van der Waals surface area contributed by atoms with Crippen molar-refractivity contribution in [2.75, 3.05) is 0 Å². The molecule has 4 heteroatoms. The van der Waals surface area contributed by atoms with Crippen LogP contribution in [0.5, 0.6) is 5.75 Å². The molecule has 0 aliphatic rings. The summed E-state index contributed by atoms with van der Waals surface area (Å²) in [4.78, 5) is 4.13. The number of aromatic nitrogens is 1. The molecule has 0 radical (unpaired) electrons. The van der Waals surface area contributed by atoms with Gasteiger partial charge in [-0.15, -0.1) is 0 Å². The molecule has 0 fully saturated rings. The van der Waals surface area contributed by atoms with E-state index in [-0.39, 0.29) is 6.04 Å². The molecule has 1 heterocycles. The molecule has 1 atom stereocenters. The van der Waals surface area contributed by atoms with Crippen molar-refractivity contribution in [2.45, 2.75) is 32.9 Å². The summed E-state index contributed by atoms with van der Waals surface area (Å²) in [5.74, 6) is 0.896. The lowest BCUT2D eigenvalue weighted by molar-refractivity contribution is 0.302. The number of aryl methyl sites for hydroxylation is 1. The van der Waals surface area contributed by atoms with Crippen LogP contribution in [0.25, 0.3) is 0 Å². The maximum atomic E-state index is 5.92. The molecule has 0 aliphatic carbocycles. The summed E-state index contributed by atoms with van der Waals surface area (Å²) in [7, 11) is 0. The monoisotopic (exact) mass is 334 g/mol. The molecule has 1 unspecified atom stereocenters. The second-order valence-corrected chi connectivity index (χ2v) is 6.01. The molecule has 0 saturated heterocycles. The first-order valence-corrected chi connectivity index (χ1v) is 7.41. The molecule has 2 N–H and O–H groups in total. The zero-order chi connectivity index (χ0) is 14.5. The van der Waals surface area contributed by atoms with Gasteiger partial charge in [0.25, 0.3) is 0 Å². The van der Waals surface area contributed by atoms with E-state index in [1.807, 2.05) is 25.3 Å². The van der Waals surface area contributed by atoms with Crippen molar-refractivity contribution < 1.29 is 4.74 Å². The number of benzene rings is 1. The third kappa shape index (κ3) is 4.32. The molecule has 1 aromatic carbocycles. The SMILES string of the molecule is Cc1ccc(OCc2cncc(Br)c2)c(CC(C)N)c1. The Morgan fingerprint density at radius 3 is 2.80 bits per heavy atom. The fourth-order valence-corrected chi connectivity index (χ4v) is 2.46. The molecule has 106 valence electrons. The lowest BCUT2D eigenvalue weighted by Crippen LogP contribution is -2.18. The van der Waals surface area contributed by atoms with Crippen LogP contribution in [0.2, 0.25) is 0 Å². The second-order valence-electron chi connectivity index (χ2n) is 5.09. The van der Waals surface area contributed by atoms with E-state index in [1.54, 1.807) is 6.20 Å². The Bertz CT molecular complexity index is 584. The first kappa shape index (κ1) is 15.0. The van der Waals surface area contributed by atoms with E-state index in [1.165, 1.54) is 5.56 Å². The first-order chi connectivity index (χ1) is 9.54. The number of pyridine rings is 1. The van der Waals surface area contributed by atoms with Crippen LogP contribution < -0.4 is 10.5 Å². The third-order valence-corrected chi connectivity index (χ3v) is 3.35. The van der Waals surface area contributed by atoms with Crippen LogP contribution in [0.1, 0.15) is 23.6 Å². The standard InChI is InChI=1S/C16H19BrN2O/c1-11-3-4-16(14(5-11)6-12(2)18)20-10-13-7-15(17)9-19-8-13/h3-5,7-9,12H,6,10,18H2,1-2H3. The van der Waals surface area contributed by atoms with E-state index in [2.05, 4.69) is 40.0 Å². The number of hydrogen-bond acceptors (Lipinski definition) is 3. The van der Waals surface area contributed by atoms with Gasteiger partial charge >= 0.3 is 0 Å². The van der Waals surface area contributed by atoms with Gasteiger partial charge < -0.3 is 10.5 Å². The fraction of sp³-hybridized carbons (Fsp3) is 0.312. The number of nitrogens with zero attached hydrogens (tertiary/aromatic N) is 1. The van der Waals surface area contributed by atoms with Crippen molar-refractivity contribution in [2.24, 2.45) is 5.73 Å². The highest BCUT2D eigenvalue weighted by atomic mass is 79.9. The maximum absolute atomic E-state index is 5.92. The predicted octanol–water partition coefficient (Wildman–Crippen LogP) is 3.62. The Morgan fingerprint density at radius 1 is 1.30 bits per heavy atom. The van der Waals surface area contributed by atoms with Crippen molar-refractivity contribution in [1.29, 1.82) is 0 Å². The van der Waals surface area contributed by atoms with Crippen LogP contribution in [0.4, 0.5) is 0 Å². The predicted molar refractivity (Wildman–Crippen MR) is 84.8 cm³/mol. The van der Waals surface area contributed by atoms with E-state index < -0.39 is 0 Å². The fourth-order valence-electron chi connectivity index (χ4n) is 2.05. The number of halogens is 1.